The maximum absolute atomic E-state index is 10.8. The van der Waals surface area contributed by atoms with E-state index in [9.17, 15) is 8.42 Å². The standard InChI is InChI=1S/C9H17N3O2S2/c1-8(9-11-6-7-15-9)10-4-3-5-12-16(2,13)14/h6-8,10,12H,3-5H2,1-2H3. The van der Waals surface area contributed by atoms with Gasteiger partial charge in [0.2, 0.25) is 10.0 Å². The van der Waals surface area contributed by atoms with Crippen LogP contribution in [0.2, 0.25) is 0 Å². The summed E-state index contributed by atoms with van der Waals surface area (Å²) in [6.45, 7) is 3.28. The molecule has 1 atom stereocenters. The molecule has 0 bridgehead atoms. The van der Waals surface area contributed by atoms with Crippen molar-refractivity contribution in [1.82, 2.24) is 15.0 Å². The first-order valence-electron chi connectivity index (χ1n) is 5.06. The first-order valence-corrected chi connectivity index (χ1v) is 7.83. The average Bonchev–Trinajstić information content (AvgIpc) is 2.67. The molecule has 1 aromatic rings. The molecule has 0 aliphatic carbocycles. The second kappa shape index (κ2) is 6.29. The molecule has 0 saturated carbocycles. The highest BCUT2D eigenvalue weighted by molar-refractivity contribution is 7.88. The van der Waals surface area contributed by atoms with Crippen molar-refractivity contribution >= 4 is 21.4 Å². The van der Waals surface area contributed by atoms with Crippen LogP contribution in [0.1, 0.15) is 24.4 Å². The Morgan fingerprint density at radius 1 is 1.50 bits per heavy atom. The van der Waals surface area contributed by atoms with Crippen molar-refractivity contribution < 1.29 is 8.42 Å². The molecule has 1 aromatic heterocycles. The summed E-state index contributed by atoms with van der Waals surface area (Å²) in [7, 11) is -3.06. The van der Waals surface area contributed by atoms with Crippen LogP contribution in [0.5, 0.6) is 0 Å². The van der Waals surface area contributed by atoms with Crippen LogP contribution in [-0.4, -0.2) is 32.7 Å². The van der Waals surface area contributed by atoms with Crippen molar-refractivity contribution in [2.24, 2.45) is 0 Å². The first kappa shape index (κ1) is 13.6. The average molecular weight is 263 g/mol. The molecule has 0 amide bonds. The van der Waals surface area contributed by atoms with Crippen molar-refractivity contribution in [3.8, 4) is 0 Å². The molecule has 7 heteroatoms. The fourth-order valence-corrected chi connectivity index (χ4v) is 2.39. The van der Waals surface area contributed by atoms with Gasteiger partial charge in [0.05, 0.1) is 12.3 Å². The van der Waals surface area contributed by atoms with Gasteiger partial charge in [-0.15, -0.1) is 11.3 Å². The molecule has 1 unspecified atom stereocenters. The summed E-state index contributed by atoms with van der Waals surface area (Å²) in [5, 5.41) is 6.28. The third-order valence-electron chi connectivity index (χ3n) is 1.99. The van der Waals surface area contributed by atoms with Crippen molar-refractivity contribution in [2.45, 2.75) is 19.4 Å². The van der Waals surface area contributed by atoms with Crippen LogP contribution in [0, 0.1) is 0 Å². The SMILES string of the molecule is CC(NCCCNS(C)(=O)=O)c1nccs1. The molecule has 92 valence electrons. The Balaban J connectivity index is 2.12. The topological polar surface area (TPSA) is 71.1 Å². The van der Waals surface area contributed by atoms with E-state index < -0.39 is 10.0 Å². The molecule has 0 fully saturated rings. The summed E-state index contributed by atoms with van der Waals surface area (Å²) in [6, 6.07) is 0.221. The van der Waals surface area contributed by atoms with E-state index in [1.807, 2.05) is 12.3 Å². The minimum atomic E-state index is -3.06. The molecule has 5 nitrogen and oxygen atoms in total. The Hall–Kier alpha value is -0.500. The molecule has 0 radical (unpaired) electrons. The molecule has 16 heavy (non-hydrogen) atoms. The van der Waals surface area contributed by atoms with Gasteiger partial charge in [0.1, 0.15) is 5.01 Å². The molecule has 0 aliphatic rings. The van der Waals surface area contributed by atoms with Gasteiger partial charge in [-0.1, -0.05) is 0 Å². The predicted molar refractivity (Wildman–Crippen MR) is 66.0 cm³/mol. The Morgan fingerprint density at radius 2 is 2.25 bits per heavy atom. The minimum Gasteiger partial charge on any atom is -0.308 e. The van der Waals surface area contributed by atoms with E-state index in [1.165, 1.54) is 6.26 Å². The lowest BCUT2D eigenvalue weighted by Crippen LogP contribution is -2.27. The fraction of sp³-hybridized carbons (Fsp3) is 0.667. The van der Waals surface area contributed by atoms with E-state index in [-0.39, 0.29) is 6.04 Å². The van der Waals surface area contributed by atoms with E-state index >= 15 is 0 Å². The zero-order chi connectivity index (χ0) is 12.0. The van der Waals surface area contributed by atoms with E-state index in [4.69, 9.17) is 0 Å². The van der Waals surface area contributed by atoms with E-state index in [2.05, 4.69) is 15.0 Å². The summed E-state index contributed by atoms with van der Waals surface area (Å²) >= 11 is 1.61. The normalized spacial score (nSPS) is 13.9. The Kier molecular flexibility index (Phi) is 5.33. The lowest BCUT2D eigenvalue weighted by molar-refractivity contribution is 0.546. The molecule has 2 N–H and O–H groups in total. The Bertz CT molecular complexity index is 389. The maximum atomic E-state index is 10.8. The van der Waals surface area contributed by atoms with Gasteiger partial charge in [0.15, 0.2) is 0 Å². The van der Waals surface area contributed by atoms with Gasteiger partial charge in [0.25, 0.3) is 0 Å². The summed E-state index contributed by atoms with van der Waals surface area (Å²) in [5.41, 5.74) is 0. The van der Waals surface area contributed by atoms with Crippen LogP contribution in [0.3, 0.4) is 0 Å². The van der Waals surface area contributed by atoms with Crippen LogP contribution >= 0.6 is 11.3 Å². The van der Waals surface area contributed by atoms with Gasteiger partial charge in [-0.25, -0.2) is 18.1 Å². The number of rotatable bonds is 7. The van der Waals surface area contributed by atoms with Crippen LogP contribution in [0.25, 0.3) is 0 Å². The highest BCUT2D eigenvalue weighted by Gasteiger charge is 2.06. The van der Waals surface area contributed by atoms with Crippen LogP contribution in [0.15, 0.2) is 11.6 Å². The number of aromatic nitrogens is 1. The maximum Gasteiger partial charge on any atom is 0.208 e. The van der Waals surface area contributed by atoms with Crippen molar-refractivity contribution in [3.63, 3.8) is 0 Å². The molecule has 1 heterocycles. The van der Waals surface area contributed by atoms with Gasteiger partial charge in [-0.2, -0.15) is 0 Å². The first-order chi connectivity index (χ1) is 7.49. The summed E-state index contributed by atoms with van der Waals surface area (Å²) in [4.78, 5) is 4.20. The molecule has 1 rings (SSSR count). The van der Waals surface area contributed by atoms with Gasteiger partial charge in [0, 0.05) is 18.1 Å². The number of hydrogen-bond acceptors (Lipinski definition) is 5. The molecule has 0 aromatic carbocycles. The van der Waals surface area contributed by atoms with Gasteiger partial charge in [-0.05, 0) is 19.9 Å². The lowest BCUT2D eigenvalue weighted by atomic mass is 10.3. The summed E-state index contributed by atoms with van der Waals surface area (Å²) < 4.78 is 24.0. The molecule has 0 aliphatic heterocycles. The van der Waals surface area contributed by atoms with Crippen molar-refractivity contribution in [3.05, 3.63) is 16.6 Å². The quantitative estimate of drug-likeness (QED) is 0.712. The third kappa shape index (κ3) is 5.55. The number of sulfonamides is 1. The molecular formula is C9H17N3O2S2. The second-order valence-electron chi connectivity index (χ2n) is 3.57. The largest absolute Gasteiger partial charge is 0.308 e. The Morgan fingerprint density at radius 3 is 2.81 bits per heavy atom. The zero-order valence-electron chi connectivity index (χ0n) is 9.43. The number of thiazole rings is 1. The van der Waals surface area contributed by atoms with E-state index in [0.29, 0.717) is 6.54 Å². The van der Waals surface area contributed by atoms with Gasteiger partial charge < -0.3 is 5.32 Å². The molecule has 0 saturated heterocycles. The molecular weight excluding hydrogens is 246 g/mol. The van der Waals surface area contributed by atoms with Crippen LogP contribution in [0.4, 0.5) is 0 Å². The summed E-state index contributed by atoms with van der Waals surface area (Å²) in [6.07, 6.45) is 3.71. The van der Waals surface area contributed by atoms with E-state index in [1.54, 1.807) is 17.5 Å². The van der Waals surface area contributed by atoms with Crippen LogP contribution < -0.4 is 10.0 Å². The highest BCUT2D eigenvalue weighted by atomic mass is 32.2. The summed E-state index contributed by atoms with van der Waals surface area (Å²) in [5.74, 6) is 0. The monoisotopic (exact) mass is 263 g/mol. The fourth-order valence-electron chi connectivity index (χ4n) is 1.20. The van der Waals surface area contributed by atoms with Crippen molar-refractivity contribution in [1.29, 1.82) is 0 Å². The Labute approximate surface area is 100 Å². The third-order valence-corrected chi connectivity index (χ3v) is 3.68. The number of nitrogens with zero attached hydrogens (tertiary/aromatic N) is 1. The minimum absolute atomic E-state index is 0.221. The smallest absolute Gasteiger partial charge is 0.208 e. The predicted octanol–water partition coefficient (Wildman–Crippen LogP) is 0.733. The number of nitrogens with one attached hydrogen (secondary N) is 2. The van der Waals surface area contributed by atoms with Gasteiger partial charge >= 0.3 is 0 Å². The second-order valence-corrected chi connectivity index (χ2v) is 6.33. The van der Waals surface area contributed by atoms with Gasteiger partial charge in [-0.3, -0.25) is 0 Å². The lowest BCUT2D eigenvalue weighted by Gasteiger charge is -2.10. The number of hydrogen-bond donors (Lipinski definition) is 2. The van der Waals surface area contributed by atoms with E-state index in [0.717, 1.165) is 18.0 Å². The highest BCUT2D eigenvalue weighted by Crippen LogP contribution is 2.13. The molecule has 0 spiro atoms. The van der Waals surface area contributed by atoms with Crippen LogP contribution in [-0.2, 0) is 10.0 Å². The zero-order valence-corrected chi connectivity index (χ0v) is 11.1. The van der Waals surface area contributed by atoms with Crippen molar-refractivity contribution in [2.75, 3.05) is 19.3 Å².